The molecule has 0 aliphatic carbocycles. The third kappa shape index (κ3) is 2.33. The van der Waals surface area contributed by atoms with Crippen molar-refractivity contribution < 1.29 is 4.79 Å². The highest BCUT2D eigenvalue weighted by molar-refractivity contribution is 5.95. The number of fused-ring (bicyclic) bond motifs is 1. The van der Waals surface area contributed by atoms with Crippen molar-refractivity contribution in [2.75, 3.05) is 17.7 Å². The van der Waals surface area contributed by atoms with E-state index in [-0.39, 0.29) is 12.1 Å². The van der Waals surface area contributed by atoms with Crippen LogP contribution in [0.25, 0.3) is 0 Å². The number of nitrogen functional groups attached to an aromatic ring is 1. The van der Waals surface area contributed by atoms with Gasteiger partial charge in [-0.2, -0.15) is 0 Å². The lowest BCUT2D eigenvalue weighted by Crippen LogP contribution is -2.46. The summed E-state index contributed by atoms with van der Waals surface area (Å²) >= 11 is 0. The SMILES string of the molecule is CC(c1ccccc1)N1C(=O)N(C)Cc2cc(N)ccc21. The summed E-state index contributed by atoms with van der Waals surface area (Å²) in [6, 6.07) is 15.8. The van der Waals surface area contributed by atoms with Crippen LogP contribution in [-0.2, 0) is 6.54 Å². The second-order valence-corrected chi connectivity index (χ2v) is 5.48. The van der Waals surface area contributed by atoms with Crippen LogP contribution in [0.4, 0.5) is 16.2 Å². The van der Waals surface area contributed by atoms with Crippen LogP contribution in [0.1, 0.15) is 24.1 Å². The zero-order valence-corrected chi connectivity index (χ0v) is 12.3. The van der Waals surface area contributed by atoms with Crippen LogP contribution in [0.2, 0.25) is 0 Å². The van der Waals surface area contributed by atoms with Gasteiger partial charge in [0.15, 0.2) is 0 Å². The largest absolute Gasteiger partial charge is 0.399 e. The van der Waals surface area contributed by atoms with Gasteiger partial charge in [-0.25, -0.2) is 4.79 Å². The Morgan fingerprint density at radius 2 is 1.86 bits per heavy atom. The van der Waals surface area contributed by atoms with Crippen molar-refractivity contribution in [2.24, 2.45) is 0 Å². The van der Waals surface area contributed by atoms with E-state index in [9.17, 15) is 4.79 Å². The molecule has 0 saturated carbocycles. The normalized spacial score (nSPS) is 15.8. The van der Waals surface area contributed by atoms with Crippen LogP contribution in [0.5, 0.6) is 0 Å². The molecule has 1 aliphatic rings. The topological polar surface area (TPSA) is 49.6 Å². The number of urea groups is 1. The van der Waals surface area contributed by atoms with Gasteiger partial charge in [-0.05, 0) is 36.2 Å². The molecule has 2 N–H and O–H groups in total. The summed E-state index contributed by atoms with van der Waals surface area (Å²) in [5.41, 5.74) is 9.74. The molecule has 2 aromatic carbocycles. The third-order valence-corrected chi connectivity index (χ3v) is 3.97. The quantitative estimate of drug-likeness (QED) is 0.858. The number of benzene rings is 2. The van der Waals surface area contributed by atoms with Gasteiger partial charge in [0, 0.05) is 19.3 Å². The van der Waals surface area contributed by atoms with E-state index in [1.165, 1.54) is 0 Å². The molecule has 1 heterocycles. The summed E-state index contributed by atoms with van der Waals surface area (Å²) in [6.07, 6.45) is 0. The van der Waals surface area contributed by atoms with Gasteiger partial charge in [-0.1, -0.05) is 30.3 Å². The minimum Gasteiger partial charge on any atom is -0.399 e. The Kier molecular flexibility index (Phi) is 3.29. The Morgan fingerprint density at radius 1 is 1.14 bits per heavy atom. The lowest BCUT2D eigenvalue weighted by molar-refractivity contribution is 0.208. The van der Waals surface area contributed by atoms with Gasteiger partial charge >= 0.3 is 6.03 Å². The highest BCUT2D eigenvalue weighted by atomic mass is 16.2. The maximum absolute atomic E-state index is 12.6. The molecular weight excluding hydrogens is 262 g/mol. The van der Waals surface area contributed by atoms with E-state index in [4.69, 9.17) is 5.73 Å². The fourth-order valence-electron chi connectivity index (χ4n) is 2.83. The molecule has 4 heteroatoms. The molecule has 4 nitrogen and oxygen atoms in total. The molecule has 108 valence electrons. The first kappa shape index (κ1) is 13.5. The number of rotatable bonds is 2. The molecular formula is C17H19N3O. The maximum Gasteiger partial charge on any atom is 0.325 e. The lowest BCUT2D eigenvalue weighted by Gasteiger charge is -2.39. The first-order valence-electron chi connectivity index (χ1n) is 7.05. The van der Waals surface area contributed by atoms with Crippen molar-refractivity contribution in [3.05, 3.63) is 59.7 Å². The zero-order valence-electron chi connectivity index (χ0n) is 12.3. The van der Waals surface area contributed by atoms with Crippen LogP contribution in [0.3, 0.4) is 0 Å². The van der Waals surface area contributed by atoms with E-state index in [0.29, 0.717) is 6.54 Å². The molecule has 0 radical (unpaired) electrons. The molecule has 1 atom stereocenters. The second-order valence-electron chi connectivity index (χ2n) is 5.48. The molecule has 0 bridgehead atoms. The van der Waals surface area contributed by atoms with Gasteiger partial charge in [0.25, 0.3) is 0 Å². The van der Waals surface area contributed by atoms with E-state index in [1.54, 1.807) is 4.90 Å². The molecule has 1 aliphatic heterocycles. The summed E-state index contributed by atoms with van der Waals surface area (Å²) in [4.78, 5) is 16.2. The van der Waals surface area contributed by atoms with Crippen molar-refractivity contribution in [1.82, 2.24) is 4.90 Å². The predicted octanol–water partition coefficient (Wildman–Crippen LogP) is 3.40. The highest BCUT2D eigenvalue weighted by Gasteiger charge is 2.32. The smallest absolute Gasteiger partial charge is 0.325 e. The summed E-state index contributed by atoms with van der Waals surface area (Å²) in [5, 5.41) is 0. The molecule has 1 unspecified atom stereocenters. The molecule has 0 saturated heterocycles. The minimum absolute atomic E-state index is 0.0172. The minimum atomic E-state index is -0.0242. The van der Waals surface area contributed by atoms with Gasteiger partial charge in [-0.3, -0.25) is 4.90 Å². The van der Waals surface area contributed by atoms with Gasteiger partial charge in [-0.15, -0.1) is 0 Å². The van der Waals surface area contributed by atoms with E-state index < -0.39 is 0 Å². The Bertz CT molecular complexity index is 669. The molecule has 2 aromatic rings. The summed E-state index contributed by atoms with van der Waals surface area (Å²) < 4.78 is 0. The Balaban J connectivity index is 2.07. The molecule has 21 heavy (non-hydrogen) atoms. The molecule has 2 amide bonds. The molecule has 0 spiro atoms. The van der Waals surface area contributed by atoms with Crippen molar-refractivity contribution >= 4 is 17.4 Å². The monoisotopic (exact) mass is 281 g/mol. The molecule has 3 rings (SSSR count). The number of hydrogen-bond acceptors (Lipinski definition) is 2. The number of nitrogens with two attached hydrogens (primary N) is 1. The molecule has 0 fully saturated rings. The van der Waals surface area contributed by atoms with Crippen LogP contribution in [0, 0.1) is 0 Å². The van der Waals surface area contributed by atoms with Gasteiger partial charge in [0.2, 0.25) is 0 Å². The molecule has 0 aromatic heterocycles. The summed E-state index contributed by atoms with van der Waals surface area (Å²) in [7, 11) is 1.82. The first-order chi connectivity index (χ1) is 10.1. The number of hydrogen-bond donors (Lipinski definition) is 1. The number of nitrogens with zero attached hydrogens (tertiary/aromatic N) is 2. The fourth-order valence-corrected chi connectivity index (χ4v) is 2.83. The van der Waals surface area contributed by atoms with Crippen molar-refractivity contribution in [2.45, 2.75) is 19.5 Å². The van der Waals surface area contributed by atoms with Crippen molar-refractivity contribution in [3.63, 3.8) is 0 Å². The van der Waals surface area contributed by atoms with Crippen LogP contribution in [-0.4, -0.2) is 18.0 Å². The van der Waals surface area contributed by atoms with Gasteiger partial charge < -0.3 is 10.6 Å². The number of carbonyl (C=O) groups is 1. The van der Waals surface area contributed by atoms with Crippen LogP contribution >= 0.6 is 0 Å². The fraction of sp³-hybridized carbons (Fsp3) is 0.235. The Labute approximate surface area is 124 Å². The third-order valence-electron chi connectivity index (χ3n) is 3.97. The van der Waals surface area contributed by atoms with E-state index >= 15 is 0 Å². The highest BCUT2D eigenvalue weighted by Crippen LogP contribution is 2.35. The maximum atomic E-state index is 12.6. The average molecular weight is 281 g/mol. The Morgan fingerprint density at radius 3 is 2.57 bits per heavy atom. The average Bonchev–Trinajstić information content (AvgIpc) is 2.49. The van der Waals surface area contributed by atoms with Gasteiger partial charge in [0.1, 0.15) is 0 Å². The first-order valence-corrected chi connectivity index (χ1v) is 7.05. The lowest BCUT2D eigenvalue weighted by atomic mass is 10.0. The van der Waals surface area contributed by atoms with E-state index in [2.05, 4.69) is 0 Å². The zero-order chi connectivity index (χ0) is 15.0. The second kappa shape index (κ2) is 5.13. The van der Waals surface area contributed by atoms with Crippen LogP contribution in [0.15, 0.2) is 48.5 Å². The van der Waals surface area contributed by atoms with E-state index in [0.717, 1.165) is 22.5 Å². The Hall–Kier alpha value is -2.49. The van der Waals surface area contributed by atoms with Crippen molar-refractivity contribution in [1.29, 1.82) is 0 Å². The van der Waals surface area contributed by atoms with Crippen LogP contribution < -0.4 is 10.6 Å². The summed E-state index contributed by atoms with van der Waals surface area (Å²) in [6.45, 7) is 2.64. The summed E-state index contributed by atoms with van der Waals surface area (Å²) in [5.74, 6) is 0. The van der Waals surface area contributed by atoms with E-state index in [1.807, 2.05) is 67.4 Å². The standard InChI is InChI=1S/C17H19N3O/c1-12(13-6-4-3-5-7-13)20-16-9-8-15(18)10-14(16)11-19(2)17(20)21/h3-10,12H,11,18H2,1-2H3. The number of carbonyl (C=O) groups excluding carboxylic acids is 1. The number of amides is 2. The predicted molar refractivity (Wildman–Crippen MR) is 85.1 cm³/mol. The van der Waals surface area contributed by atoms with Gasteiger partial charge in [0.05, 0.1) is 11.7 Å². The number of anilines is 2. The van der Waals surface area contributed by atoms with Crippen molar-refractivity contribution in [3.8, 4) is 0 Å².